The minimum absolute atomic E-state index is 0.588. The van der Waals surface area contributed by atoms with Gasteiger partial charge in [0.15, 0.2) is 0 Å². The molecule has 0 atom stereocenters. The molecule has 21 heavy (non-hydrogen) atoms. The van der Waals surface area contributed by atoms with Gasteiger partial charge in [-0.1, -0.05) is 36.4 Å². The molecular weight excluding hydrogens is 278 g/mol. The van der Waals surface area contributed by atoms with Gasteiger partial charge in [-0.3, -0.25) is 0 Å². The van der Waals surface area contributed by atoms with Crippen LogP contribution in [0.25, 0.3) is 10.9 Å². The van der Waals surface area contributed by atoms with Crippen LogP contribution in [0, 0.1) is 11.3 Å². The Morgan fingerprint density at radius 1 is 1.05 bits per heavy atom. The molecule has 1 heterocycles. The van der Waals surface area contributed by atoms with E-state index in [0.717, 1.165) is 27.3 Å². The second kappa shape index (κ2) is 5.86. The molecule has 3 rings (SSSR count). The quantitative estimate of drug-likeness (QED) is 0.718. The molecule has 102 valence electrons. The van der Waals surface area contributed by atoms with Crippen molar-refractivity contribution in [3.8, 4) is 6.07 Å². The van der Waals surface area contributed by atoms with Crippen molar-refractivity contribution in [3.63, 3.8) is 0 Å². The minimum Gasteiger partial charge on any atom is -0.354 e. The predicted molar refractivity (Wildman–Crippen MR) is 88.0 cm³/mol. The molecule has 0 amide bonds. The topological polar surface area (TPSA) is 48.7 Å². The number of para-hydroxylation sites is 2. The number of fused-ring (bicyclic) bond motifs is 1. The third-order valence-corrected chi connectivity index (χ3v) is 3.89. The van der Waals surface area contributed by atoms with Gasteiger partial charge in [0.25, 0.3) is 0 Å². The fourth-order valence-corrected chi connectivity index (χ4v) is 2.78. The van der Waals surface area contributed by atoms with E-state index >= 15 is 0 Å². The zero-order valence-corrected chi connectivity index (χ0v) is 12.3. The van der Waals surface area contributed by atoms with Gasteiger partial charge in [-0.15, -0.1) is 11.8 Å². The van der Waals surface area contributed by atoms with Gasteiger partial charge < -0.3 is 5.32 Å². The smallest absolute Gasteiger partial charge is 0.116 e. The summed E-state index contributed by atoms with van der Waals surface area (Å²) >= 11 is 1.49. The average Bonchev–Trinajstić information content (AvgIpc) is 2.55. The first-order valence-corrected chi connectivity index (χ1v) is 7.75. The Bertz CT molecular complexity index is 823. The van der Waals surface area contributed by atoms with Crippen molar-refractivity contribution in [2.75, 3.05) is 11.6 Å². The molecule has 0 aliphatic carbocycles. The van der Waals surface area contributed by atoms with Crippen LogP contribution in [0.4, 0.5) is 11.4 Å². The lowest BCUT2D eigenvalue weighted by molar-refractivity contribution is 1.17. The van der Waals surface area contributed by atoms with Gasteiger partial charge in [0.2, 0.25) is 0 Å². The van der Waals surface area contributed by atoms with Gasteiger partial charge in [0, 0.05) is 11.1 Å². The molecule has 1 aromatic heterocycles. The van der Waals surface area contributed by atoms with Crippen LogP contribution in [0.5, 0.6) is 0 Å². The maximum Gasteiger partial charge on any atom is 0.116 e. The summed E-state index contributed by atoms with van der Waals surface area (Å²) in [5.41, 5.74) is 3.25. The number of aromatic nitrogens is 1. The molecule has 2 aromatic carbocycles. The van der Waals surface area contributed by atoms with Crippen LogP contribution < -0.4 is 5.32 Å². The fourth-order valence-electron chi connectivity index (χ4n) is 2.24. The fraction of sp³-hybridized carbons (Fsp3) is 0.0588. The van der Waals surface area contributed by atoms with Crippen LogP contribution >= 0.6 is 11.8 Å². The highest BCUT2D eigenvalue weighted by atomic mass is 32.2. The lowest BCUT2D eigenvalue weighted by Gasteiger charge is -2.13. The van der Waals surface area contributed by atoms with E-state index in [4.69, 9.17) is 0 Å². The van der Waals surface area contributed by atoms with E-state index in [1.807, 2.05) is 60.9 Å². The zero-order valence-electron chi connectivity index (χ0n) is 11.5. The summed E-state index contributed by atoms with van der Waals surface area (Å²) in [4.78, 5) is 4.57. The minimum atomic E-state index is 0.588. The summed E-state index contributed by atoms with van der Waals surface area (Å²) in [6.07, 6.45) is 1.93. The van der Waals surface area contributed by atoms with Crippen LogP contribution in [0.1, 0.15) is 5.56 Å². The first kappa shape index (κ1) is 13.5. The molecule has 4 heteroatoms. The maximum absolute atomic E-state index is 9.52. The molecule has 3 aromatic rings. The lowest BCUT2D eigenvalue weighted by atomic mass is 10.1. The third kappa shape index (κ3) is 2.56. The Morgan fingerprint density at radius 2 is 1.76 bits per heavy atom. The van der Waals surface area contributed by atoms with Crippen molar-refractivity contribution in [1.82, 2.24) is 4.98 Å². The van der Waals surface area contributed by atoms with E-state index in [1.165, 1.54) is 11.8 Å². The van der Waals surface area contributed by atoms with Crippen LogP contribution in [-0.2, 0) is 0 Å². The van der Waals surface area contributed by atoms with E-state index in [9.17, 15) is 5.26 Å². The Hall–Kier alpha value is -2.51. The molecule has 0 spiro atoms. The van der Waals surface area contributed by atoms with Crippen molar-refractivity contribution >= 4 is 34.0 Å². The number of anilines is 2. The summed E-state index contributed by atoms with van der Waals surface area (Å²) in [5, 5.41) is 14.6. The number of hydrogen-bond acceptors (Lipinski definition) is 4. The number of pyridine rings is 1. The van der Waals surface area contributed by atoms with Crippen molar-refractivity contribution in [3.05, 3.63) is 60.2 Å². The largest absolute Gasteiger partial charge is 0.354 e. The number of hydrogen-bond donors (Lipinski definition) is 1. The molecule has 3 nitrogen and oxygen atoms in total. The molecule has 0 aliphatic heterocycles. The summed E-state index contributed by atoms with van der Waals surface area (Å²) in [5.74, 6) is 0. The molecule has 0 fully saturated rings. The Labute approximate surface area is 127 Å². The Morgan fingerprint density at radius 3 is 2.48 bits per heavy atom. The van der Waals surface area contributed by atoms with E-state index in [-0.39, 0.29) is 0 Å². The maximum atomic E-state index is 9.52. The summed E-state index contributed by atoms with van der Waals surface area (Å²) in [6, 6.07) is 20.0. The SMILES string of the molecule is CSc1nc2ccccc2c(Nc2ccccc2)c1C#N. The summed E-state index contributed by atoms with van der Waals surface area (Å²) in [7, 11) is 0. The van der Waals surface area contributed by atoms with Gasteiger partial charge in [-0.25, -0.2) is 4.98 Å². The molecule has 0 bridgehead atoms. The molecule has 0 radical (unpaired) electrons. The standard InChI is InChI=1S/C17H13N3S/c1-21-17-14(11-18)16(19-12-7-3-2-4-8-12)13-9-5-6-10-15(13)20-17/h2-10H,1H3,(H,19,20). The Balaban J connectivity index is 2.25. The van der Waals surface area contributed by atoms with E-state index in [2.05, 4.69) is 16.4 Å². The van der Waals surface area contributed by atoms with Crippen LogP contribution in [0.2, 0.25) is 0 Å². The predicted octanol–water partition coefficient (Wildman–Crippen LogP) is 4.57. The highest BCUT2D eigenvalue weighted by Gasteiger charge is 2.14. The van der Waals surface area contributed by atoms with Crippen molar-refractivity contribution < 1.29 is 0 Å². The molecule has 0 unspecified atom stereocenters. The first-order valence-electron chi connectivity index (χ1n) is 6.52. The van der Waals surface area contributed by atoms with Crippen molar-refractivity contribution in [1.29, 1.82) is 5.26 Å². The first-order chi connectivity index (χ1) is 10.3. The monoisotopic (exact) mass is 291 g/mol. The van der Waals surface area contributed by atoms with Gasteiger partial charge in [-0.05, 0) is 24.5 Å². The third-order valence-electron chi connectivity index (χ3n) is 3.21. The molecule has 0 saturated carbocycles. The molecular formula is C17H13N3S. The van der Waals surface area contributed by atoms with E-state index in [1.54, 1.807) is 0 Å². The number of nitrogens with zero attached hydrogens (tertiary/aromatic N) is 2. The van der Waals surface area contributed by atoms with E-state index < -0.39 is 0 Å². The second-order valence-electron chi connectivity index (χ2n) is 4.49. The van der Waals surface area contributed by atoms with Gasteiger partial charge in [-0.2, -0.15) is 5.26 Å². The highest BCUT2D eigenvalue weighted by molar-refractivity contribution is 7.98. The zero-order chi connectivity index (χ0) is 14.7. The number of benzene rings is 2. The van der Waals surface area contributed by atoms with Crippen molar-refractivity contribution in [2.24, 2.45) is 0 Å². The Kier molecular flexibility index (Phi) is 3.76. The van der Waals surface area contributed by atoms with Crippen LogP contribution in [0.3, 0.4) is 0 Å². The number of nitriles is 1. The van der Waals surface area contributed by atoms with Crippen LogP contribution in [0.15, 0.2) is 59.6 Å². The van der Waals surface area contributed by atoms with Gasteiger partial charge >= 0.3 is 0 Å². The average molecular weight is 291 g/mol. The van der Waals surface area contributed by atoms with Gasteiger partial charge in [0.05, 0.1) is 11.2 Å². The molecule has 0 saturated heterocycles. The molecule has 1 N–H and O–H groups in total. The number of thioether (sulfide) groups is 1. The van der Waals surface area contributed by atoms with Crippen LogP contribution in [-0.4, -0.2) is 11.2 Å². The summed E-state index contributed by atoms with van der Waals surface area (Å²) in [6.45, 7) is 0. The van der Waals surface area contributed by atoms with Gasteiger partial charge in [0.1, 0.15) is 16.7 Å². The normalized spacial score (nSPS) is 10.3. The summed E-state index contributed by atoms with van der Waals surface area (Å²) < 4.78 is 0. The lowest BCUT2D eigenvalue weighted by Crippen LogP contribution is -1.99. The number of nitrogens with one attached hydrogen (secondary N) is 1. The molecule has 0 aliphatic rings. The number of rotatable bonds is 3. The van der Waals surface area contributed by atoms with E-state index in [0.29, 0.717) is 5.56 Å². The highest BCUT2D eigenvalue weighted by Crippen LogP contribution is 2.33. The van der Waals surface area contributed by atoms with Crippen molar-refractivity contribution in [2.45, 2.75) is 5.03 Å². The second-order valence-corrected chi connectivity index (χ2v) is 5.29.